The summed E-state index contributed by atoms with van der Waals surface area (Å²) >= 11 is 0. The van der Waals surface area contributed by atoms with Gasteiger partial charge >= 0.3 is 5.97 Å². The quantitative estimate of drug-likeness (QED) is 0.393. The van der Waals surface area contributed by atoms with Gasteiger partial charge in [-0.3, -0.25) is 14.5 Å². The number of amides is 1. The molecule has 3 aromatic rings. The Morgan fingerprint density at radius 1 is 0.902 bits per heavy atom. The molecular weight excluding hydrogens is 528 g/mol. The SMILES string of the molecule is COc1ccc([C@@H]2[C@@H](C(=O)O)C(c3ccc4c(c3)OCO4)CN2CC(=O)N(C)Cc2ccc(OC)c(OC)c2)cc1. The predicted molar refractivity (Wildman–Crippen MR) is 150 cm³/mol. The van der Waals surface area contributed by atoms with Gasteiger partial charge in [0.1, 0.15) is 5.75 Å². The lowest BCUT2D eigenvalue weighted by molar-refractivity contribution is -0.143. The first-order valence-corrected chi connectivity index (χ1v) is 13.3. The van der Waals surface area contributed by atoms with E-state index < -0.39 is 17.9 Å². The van der Waals surface area contributed by atoms with Crippen LogP contribution in [0.2, 0.25) is 0 Å². The maximum Gasteiger partial charge on any atom is 0.309 e. The van der Waals surface area contributed by atoms with Crippen LogP contribution in [0.3, 0.4) is 0 Å². The van der Waals surface area contributed by atoms with Crippen molar-refractivity contribution >= 4 is 11.9 Å². The van der Waals surface area contributed by atoms with Crippen LogP contribution in [0.4, 0.5) is 0 Å². The normalized spacial score (nSPS) is 19.6. The summed E-state index contributed by atoms with van der Waals surface area (Å²) in [4.78, 5) is 30.0. The molecule has 2 heterocycles. The fourth-order valence-electron chi connectivity index (χ4n) is 5.71. The summed E-state index contributed by atoms with van der Waals surface area (Å²) in [5.74, 6) is 0.857. The Morgan fingerprint density at radius 3 is 2.29 bits per heavy atom. The van der Waals surface area contributed by atoms with Crippen molar-refractivity contribution < 1.29 is 38.4 Å². The highest BCUT2D eigenvalue weighted by Gasteiger charge is 2.48. The van der Waals surface area contributed by atoms with Crippen LogP contribution in [-0.2, 0) is 16.1 Å². The van der Waals surface area contributed by atoms with Crippen LogP contribution >= 0.6 is 0 Å². The number of carbonyl (C=O) groups excluding carboxylic acids is 1. The summed E-state index contributed by atoms with van der Waals surface area (Å²) in [6, 6.07) is 17.9. The van der Waals surface area contributed by atoms with Crippen LogP contribution in [0.1, 0.15) is 28.7 Å². The van der Waals surface area contributed by atoms with Crippen molar-refractivity contribution in [2.75, 3.05) is 48.3 Å². The number of nitrogens with zero attached hydrogens (tertiary/aromatic N) is 2. The van der Waals surface area contributed by atoms with Crippen LogP contribution < -0.4 is 23.7 Å². The van der Waals surface area contributed by atoms with Crippen LogP contribution in [-0.4, -0.2) is 75.0 Å². The highest BCUT2D eigenvalue weighted by Crippen LogP contribution is 2.47. The molecule has 3 aromatic carbocycles. The Labute approximate surface area is 238 Å². The number of aliphatic carboxylic acids is 1. The Morgan fingerprint density at radius 2 is 1.61 bits per heavy atom. The third kappa shape index (κ3) is 5.74. The number of carboxylic acids is 1. The molecule has 0 radical (unpaired) electrons. The number of fused-ring (bicyclic) bond motifs is 1. The van der Waals surface area contributed by atoms with Gasteiger partial charge in [0.05, 0.1) is 33.8 Å². The van der Waals surface area contributed by atoms with Gasteiger partial charge in [-0.05, 0) is 53.1 Å². The van der Waals surface area contributed by atoms with Gasteiger partial charge in [0.2, 0.25) is 12.7 Å². The van der Waals surface area contributed by atoms with E-state index in [1.807, 2.05) is 59.5 Å². The number of likely N-dealkylation sites (tertiary alicyclic amines) is 1. The molecule has 3 atom stereocenters. The summed E-state index contributed by atoms with van der Waals surface area (Å²) in [5, 5.41) is 10.5. The Balaban J connectivity index is 1.42. The van der Waals surface area contributed by atoms with Crippen molar-refractivity contribution in [1.29, 1.82) is 0 Å². The monoisotopic (exact) mass is 562 g/mol. The zero-order chi connectivity index (χ0) is 29.1. The number of ether oxygens (including phenoxy) is 5. The van der Waals surface area contributed by atoms with Gasteiger partial charge in [0, 0.05) is 32.1 Å². The van der Waals surface area contributed by atoms with Gasteiger partial charge in [0.15, 0.2) is 23.0 Å². The van der Waals surface area contributed by atoms with E-state index in [2.05, 4.69) is 0 Å². The average molecular weight is 563 g/mol. The molecule has 0 saturated carbocycles. The van der Waals surface area contributed by atoms with E-state index in [9.17, 15) is 14.7 Å². The number of carbonyl (C=O) groups is 2. The molecule has 5 rings (SSSR count). The first kappa shape index (κ1) is 28.1. The second kappa shape index (κ2) is 12.0. The summed E-state index contributed by atoms with van der Waals surface area (Å²) in [6.07, 6.45) is 0. The van der Waals surface area contributed by atoms with Gasteiger partial charge in [-0.1, -0.05) is 24.3 Å². The van der Waals surface area contributed by atoms with Crippen molar-refractivity contribution in [2.45, 2.75) is 18.5 Å². The summed E-state index contributed by atoms with van der Waals surface area (Å²) in [6.45, 7) is 0.913. The van der Waals surface area contributed by atoms with Gasteiger partial charge in [-0.2, -0.15) is 0 Å². The molecule has 10 heteroatoms. The van der Waals surface area contributed by atoms with Crippen LogP contribution in [0.5, 0.6) is 28.7 Å². The van der Waals surface area contributed by atoms with E-state index in [0.29, 0.717) is 41.8 Å². The fraction of sp³-hybridized carbons (Fsp3) is 0.355. The van der Waals surface area contributed by atoms with E-state index in [1.165, 1.54) is 0 Å². The van der Waals surface area contributed by atoms with E-state index in [0.717, 1.165) is 16.7 Å². The predicted octanol–water partition coefficient (Wildman–Crippen LogP) is 3.94. The highest BCUT2D eigenvalue weighted by molar-refractivity contribution is 5.79. The average Bonchev–Trinajstić information content (AvgIpc) is 3.61. The lowest BCUT2D eigenvalue weighted by Crippen LogP contribution is -2.39. The molecule has 41 heavy (non-hydrogen) atoms. The number of methoxy groups -OCH3 is 3. The zero-order valence-electron chi connectivity index (χ0n) is 23.5. The van der Waals surface area contributed by atoms with Gasteiger partial charge < -0.3 is 33.7 Å². The van der Waals surface area contributed by atoms with Crippen molar-refractivity contribution in [3.05, 3.63) is 77.4 Å². The van der Waals surface area contributed by atoms with E-state index in [-0.39, 0.29) is 25.2 Å². The van der Waals surface area contributed by atoms with E-state index >= 15 is 0 Å². The highest BCUT2D eigenvalue weighted by atomic mass is 16.7. The number of hydrogen-bond donors (Lipinski definition) is 1. The third-order valence-corrected chi connectivity index (χ3v) is 7.80. The molecule has 1 amide bonds. The van der Waals surface area contributed by atoms with Crippen molar-refractivity contribution in [3.8, 4) is 28.7 Å². The molecule has 2 aliphatic rings. The number of carboxylic acid groups (broad SMARTS) is 1. The largest absolute Gasteiger partial charge is 0.497 e. The number of hydrogen-bond acceptors (Lipinski definition) is 8. The number of rotatable bonds is 10. The Hall–Kier alpha value is -4.44. The number of likely N-dealkylation sites (N-methyl/N-ethyl adjacent to an activating group) is 1. The molecule has 216 valence electrons. The molecule has 0 aliphatic carbocycles. The minimum atomic E-state index is -0.929. The maximum atomic E-state index is 13.6. The molecule has 2 aliphatic heterocycles. The molecule has 1 unspecified atom stereocenters. The molecule has 10 nitrogen and oxygen atoms in total. The lowest BCUT2D eigenvalue weighted by Gasteiger charge is -2.28. The third-order valence-electron chi connectivity index (χ3n) is 7.80. The van der Waals surface area contributed by atoms with Gasteiger partial charge in [-0.25, -0.2) is 0 Å². The van der Waals surface area contributed by atoms with Gasteiger partial charge in [0.25, 0.3) is 0 Å². The Kier molecular flexibility index (Phi) is 8.21. The zero-order valence-corrected chi connectivity index (χ0v) is 23.5. The summed E-state index contributed by atoms with van der Waals surface area (Å²) in [5.41, 5.74) is 2.51. The van der Waals surface area contributed by atoms with Crippen molar-refractivity contribution in [1.82, 2.24) is 9.80 Å². The van der Waals surface area contributed by atoms with Crippen molar-refractivity contribution in [3.63, 3.8) is 0 Å². The Bertz CT molecular complexity index is 1410. The van der Waals surface area contributed by atoms with Crippen LogP contribution in [0.15, 0.2) is 60.7 Å². The fourth-order valence-corrected chi connectivity index (χ4v) is 5.71. The van der Waals surface area contributed by atoms with Crippen molar-refractivity contribution in [2.24, 2.45) is 5.92 Å². The molecule has 0 aromatic heterocycles. The number of benzene rings is 3. The molecule has 1 saturated heterocycles. The van der Waals surface area contributed by atoms with E-state index in [1.54, 1.807) is 39.3 Å². The van der Waals surface area contributed by atoms with Gasteiger partial charge in [-0.15, -0.1) is 0 Å². The summed E-state index contributed by atoms with van der Waals surface area (Å²) in [7, 11) is 6.46. The topological polar surface area (TPSA) is 107 Å². The molecule has 1 N–H and O–H groups in total. The molecule has 0 spiro atoms. The standard InChI is InChI=1S/C31H34N2O8/c1-32(15-19-5-11-24(38-3)26(13-19)39-4)28(34)17-33-16-23(21-8-12-25-27(14-21)41-18-40-25)29(31(35)36)30(33)20-6-9-22(37-2)10-7-20/h5-14,23,29-30H,15-18H2,1-4H3,(H,35,36)/t23?,29-,30+/m0/s1. The first-order valence-electron chi connectivity index (χ1n) is 13.3. The minimum absolute atomic E-state index is 0.0469. The second-order valence-corrected chi connectivity index (χ2v) is 10.2. The summed E-state index contributed by atoms with van der Waals surface area (Å²) < 4.78 is 27.1. The minimum Gasteiger partial charge on any atom is -0.497 e. The van der Waals surface area contributed by atoms with Crippen LogP contribution in [0.25, 0.3) is 0 Å². The van der Waals surface area contributed by atoms with Crippen LogP contribution in [0, 0.1) is 5.92 Å². The smallest absolute Gasteiger partial charge is 0.309 e. The first-order chi connectivity index (χ1) is 19.8. The molecule has 1 fully saturated rings. The molecular formula is C31H34N2O8. The lowest BCUT2D eigenvalue weighted by atomic mass is 9.82. The molecule has 0 bridgehead atoms. The second-order valence-electron chi connectivity index (χ2n) is 10.2. The maximum absolute atomic E-state index is 13.6. The van der Waals surface area contributed by atoms with E-state index in [4.69, 9.17) is 23.7 Å².